The van der Waals surface area contributed by atoms with Crippen LogP contribution in [-0.2, 0) is 29.0 Å². The number of amides is 1. The van der Waals surface area contributed by atoms with E-state index in [0.717, 1.165) is 55.1 Å². The second kappa shape index (κ2) is 21.4. The molecule has 5 aromatic rings. The van der Waals surface area contributed by atoms with Crippen molar-refractivity contribution in [2.45, 2.75) is 75.0 Å². The third-order valence-corrected chi connectivity index (χ3v) is 16.6. The summed E-state index contributed by atoms with van der Waals surface area (Å²) in [6, 6.07) is 21.2. The van der Waals surface area contributed by atoms with E-state index in [4.69, 9.17) is 40.3 Å². The molecule has 0 saturated carbocycles. The first-order valence-electron chi connectivity index (χ1n) is 25.1. The number of benzene rings is 3. The molecule has 4 aliphatic heterocycles. The van der Waals surface area contributed by atoms with Crippen LogP contribution in [0.3, 0.4) is 0 Å². The molecule has 0 radical (unpaired) electrons. The third-order valence-electron chi connectivity index (χ3n) is 15.0. The number of aromatic nitrogens is 2. The number of hydrogen-bond acceptors (Lipinski definition) is 16. The fourth-order valence-electron chi connectivity index (χ4n) is 10.9. The minimum Gasteiger partial charge on any atom is -0.733 e. The van der Waals surface area contributed by atoms with Crippen molar-refractivity contribution in [2.75, 3.05) is 106 Å². The molecule has 0 bridgehead atoms. The van der Waals surface area contributed by atoms with Gasteiger partial charge in [0.25, 0.3) is 15.9 Å². The number of fused-ring (bicyclic) bond motifs is 4. The van der Waals surface area contributed by atoms with Crippen LogP contribution in [0.15, 0.2) is 89.5 Å². The van der Waals surface area contributed by atoms with Crippen molar-refractivity contribution >= 4 is 72.6 Å². The van der Waals surface area contributed by atoms with E-state index in [1.807, 2.05) is 41.3 Å². The number of sulfonamides is 1. The van der Waals surface area contributed by atoms with Crippen molar-refractivity contribution in [3.8, 4) is 5.88 Å². The number of halogens is 1. The Hall–Kier alpha value is -5.48. The standard InChI is InChI=1S/C53H64ClN8O10S/c1-52(2)29-42(35-6-8-37(54)9-7-35)43-32-60-20-19-59(31-39(60)33-70-21-5-23-71-48(43)30-52)38-10-12-41(45(27-38)61-18-4-22-72-51-47(61)26-36-14-17-55-49(36)57-51)50(63)58-73(66,67)40-11-13-44(46(28-40)62(64)65)56-34-53(68-3)15-24-69-25-16-53/h6-14,17,26-28,39,48,56,64H,4-5,15-16,18-25,29-34H2,1-3H3,(H,55,57)(H,58,63)/q-1/t39?,48-/m1/s1. The van der Waals surface area contributed by atoms with Gasteiger partial charge in [-0.25, -0.2) is 13.1 Å². The number of piperazine rings is 1. The van der Waals surface area contributed by atoms with Crippen LogP contribution in [0.1, 0.15) is 68.3 Å². The number of nitrogens with one attached hydrogen (secondary N) is 3. The van der Waals surface area contributed by atoms with Gasteiger partial charge in [0.1, 0.15) is 11.3 Å². The average Bonchev–Trinajstić information content (AvgIpc) is 3.73. The van der Waals surface area contributed by atoms with Gasteiger partial charge in [0, 0.05) is 108 Å². The maximum atomic E-state index is 14.6. The molecule has 2 atom stereocenters. The van der Waals surface area contributed by atoms with E-state index in [-0.39, 0.29) is 41.0 Å². The van der Waals surface area contributed by atoms with Crippen LogP contribution in [0.25, 0.3) is 16.6 Å². The van der Waals surface area contributed by atoms with Crippen molar-refractivity contribution in [2.24, 2.45) is 5.41 Å². The monoisotopic (exact) mass is 1040 g/mol. The molecule has 3 aromatic carbocycles. The Morgan fingerprint density at radius 1 is 0.973 bits per heavy atom. The van der Waals surface area contributed by atoms with Crippen molar-refractivity contribution < 1.29 is 42.1 Å². The number of ether oxygens (including phenoxy) is 5. The summed E-state index contributed by atoms with van der Waals surface area (Å²) < 4.78 is 61.2. The lowest BCUT2D eigenvalue weighted by Gasteiger charge is -2.45. The molecule has 10 rings (SSSR count). The summed E-state index contributed by atoms with van der Waals surface area (Å²) in [5.74, 6) is -0.516. The first-order chi connectivity index (χ1) is 35.2. The molecule has 0 spiro atoms. The average molecular weight is 1040 g/mol. The molecule has 3 saturated heterocycles. The number of nitrogens with zero attached hydrogens (tertiary/aromatic N) is 5. The molecule has 1 aliphatic carbocycles. The normalized spacial score (nSPS) is 21.7. The van der Waals surface area contributed by atoms with E-state index in [1.54, 1.807) is 19.4 Å². The van der Waals surface area contributed by atoms with E-state index in [0.29, 0.717) is 106 Å². The Balaban J connectivity index is 0.966. The van der Waals surface area contributed by atoms with Gasteiger partial charge in [0.15, 0.2) is 0 Å². The molecule has 4 N–H and O–H groups in total. The molecular weight excluding hydrogens is 976 g/mol. The molecule has 73 heavy (non-hydrogen) atoms. The minimum atomic E-state index is -4.62. The van der Waals surface area contributed by atoms with Crippen LogP contribution in [0.5, 0.6) is 5.88 Å². The number of carbonyl (C=O) groups is 1. The number of H-pyrrole nitrogens is 1. The van der Waals surface area contributed by atoms with Gasteiger partial charge in [-0.3, -0.25) is 14.9 Å². The number of allylic oxidation sites excluding steroid dienone is 1. The van der Waals surface area contributed by atoms with Gasteiger partial charge in [0.05, 0.1) is 58.5 Å². The minimum absolute atomic E-state index is 0.00904. The smallest absolute Gasteiger partial charge is 0.267 e. The summed E-state index contributed by atoms with van der Waals surface area (Å²) in [5, 5.41) is 27.0. The summed E-state index contributed by atoms with van der Waals surface area (Å²) in [7, 11) is -3.02. The van der Waals surface area contributed by atoms with E-state index in [9.17, 15) is 23.6 Å². The Kier molecular flexibility index (Phi) is 15.0. The van der Waals surface area contributed by atoms with Crippen LogP contribution in [0, 0.1) is 10.6 Å². The fraction of sp³-hybridized carbons (Fsp3) is 0.472. The Morgan fingerprint density at radius 3 is 2.59 bits per heavy atom. The van der Waals surface area contributed by atoms with E-state index < -0.39 is 31.7 Å². The second-order valence-corrected chi connectivity index (χ2v) is 22.6. The van der Waals surface area contributed by atoms with Gasteiger partial charge in [-0.15, -0.1) is 0 Å². The molecule has 1 unspecified atom stereocenters. The van der Waals surface area contributed by atoms with Gasteiger partial charge in [-0.05, 0) is 108 Å². The Morgan fingerprint density at radius 2 is 1.79 bits per heavy atom. The number of anilines is 5. The number of pyridine rings is 1. The molecule has 3 fully saturated rings. The van der Waals surface area contributed by atoms with Crippen molar-refractivity contribution in [3.05, 3.63) is 106 Å². The number of rotatable bonds is 11. The lowest BCUT2D eigenvalue weighted by Crippen LogP contribution is -2.56. The zero-order valence-corrected chi connectivity index (χ0v) is 43.1. The predicted molar refractivity (Wildman–Crippen MR) is 281 cm³/mol. The molecule has 2 aromatic heterocycles. The lowest BCUT2D eigenvalue weighted by atomic mass is 9.71. The molecule has 390 valence electrons. The SMILES string of the molecule is COC1(CNc2ccc(S(=O)(=O)NC(=O)c3ccc(N4CCN5CC6=C(c7ccc(Cl)cc7)CC(C)(C)C[C@H]6OCCCOCC5C4)cc3N3CCCOc4nc5[nH]ccc5cc43)cc2N([O-])O)CCOCC1. The van der Waals surface area contributed by atoms with Gasteiger partial charge in [-0.2, -0.15) is 4.98 Å². The van der Waals surface area contributed by atoms with E-state index in [2.05, 4.69) is 50.8 Å². The molecule has 5 aliphatic rings. The molecular formula is C53H64ClN8O10S-. The highest BCUT2D eigenvalue weighted by Crippen LogP contribution is 2.46. The summed E-state index contributed by atoms with van der Waals surface area (Å²) in [4.78, 5) is 29.0. The van der Waals surface area contributed by atoms with Crippen molar-refractivity contribution in [1.29, 1.82) is 0 Å². The largest absolute Gasteiger partial charge is 0.733 e. The summed E-state index contributed by atoms with van der Waals surface area (Å²) >= 11 is 6.38. The lowest BCUT2D eigenvalue weighted by molar-refractivity contribution is -0.0807. The van der Waals surface area contributed by atoms with E-state index in [1.165, 1.54) is 23.3 Å². The van der Waals surface area contributed by atoms with Gasteiger partial charge >= 0.3 is 0 Å². The summed E-state index contributed by atoms with van der Waals surface area (Å²) in [6.45, 7) is 11.1. The predicted octanol–water partition coefficient (Wildman–Crippen LogP) is 8.13. The number of hydrogen-bond donors (Lipinski definition) is 4. The highest BCUT2D eigenvalue weighted by atomic mass is 35.5. The Labute approximate surface area is 431 Å². The van der Waals surface area contributed by atoms with Crippen molar-refractivity contribution in [3.63, 3.8) is 0 Å². The van der Waals surface area contributed by atoms with Crippen molar-refractivity contribution in [1.82, 2.24) is 19.6 Å². The van der Waals surface area contributed by atoms with Gasteiger partial charge in [0.2, 0.25) is 5.88 Å². The maximum Gasteiger partial charge on any atom is 0.267 e. The zero-order valence-electron chi connectivity index (χ0n) is 41.5. The molecule has 20 heteroatoms. The molecule has 6 heterocycles. The second-order valence-electron chi connectivity index (χ2n) is 20.4. The topological polar surface area (TPSA) is 206 Å². The van der Waals surface area contributed by atoms with Crippen LogP contribution in [0.4, 0.5) is 28.4 Å². The van der Waals surface area contributed by atoms with Crippen LogP contribution in [-0.4, -0.2) is 138 Å². The maximum absolute atomic E-state index is 14.6. The van der Waals surface area contributed by atoms with Crippen LogP contribution in [0.2, 0.25) is 5.02 Å². The quantitative estimate of drug-likeness (QED) is 0.0922. The third kappa shape index (κ3) is 11.2. The fourth-order valence-corrected chi connectivity index (χ4v) is 12.0. The first-order valence-corrected chi connectivity index (χ1v) is 27.0. The number of methoxy groups -OCH3 is 1. The molecule has 18 nitrogen and oxygen atoms in total. The van der Waals surface area contributed by atoms with Gasteiger partial charge in [-0.1, -0.05) is 37.6 Å². The number of carbonyl (C=O) groups excluding carboxylic acids is 1. The zero-order chi connectivity index (χ0) is 50.9. The van der Waals surface area contributed by atoms with Gasteiger partial charge < -0.3 is 54.2 Å². The summed E-state index contributed by atoms with van der Waals surface area (Å²) in [5.41, 5.74) is 5.72. The molecule has 1 amide bonds. The first kappa shape index (κ1) is 51.0. The number of aromatic amines is 1. The van der Waals surface area contributed by atoms with Crippen LogP contribution >= 0.6 is 11.6 Å². The van der Waals surface area contributed by atoms with Crippen LogP contribution < -0.4 is 29.8 Å². The summed E-state index contributed by atoms with van der Waals surface area (Å²) in [6.07, 6.45) is 6.16. The highest BCUT2D eigenvalue weighted by Gasteiger charge is 2.39. The Bertz CT molecular complexity index is 2950. The van der Waals surface area contributed by atoms with E-state index >= 15 is 0 Å². The highest BCUT2D eigenvalue weighted by molar-refractivity contribution is 7.90.